The van der Waals surface area contributed by atoms with Crippen LogP contribution >= 0.6 is 11.6 Å². The highest BCUT2D eigenvalue weighted by Crippen LogP contribution is 2.25. The van der Waals surface area contributed by atoms with Crippen molar-refractivity contribution in [2.75, 3.05) is 5.32 Å². The lowest BCUT2D eigenvalue weighted by Gasteiger charge is -2.11. The molecule has 0 saturated heterocycles. The molecule has 0 bridgehead atoms. The fraction of sp³-hybridized carbons (Fsp3) is 0.176. The Hall–Kier alpha value is -2.13. The predicted molar refractivity (Wildman–Crippen MR) is 88.4 cm³/mol. The number of halogens is 1. The molecule has 0 spiro atoms. The summed E-state index contributed by atoms with van der Waals surface area (Å²) in [5.74, 6) is 1.51. The van der Waals surface area contributed by atoms with E-state index < -0.39 is 0 Å². The molecule has 0 aliphatic heterocycles. The highest BCUT2D eigenvalue weighted by atomic mass is 35.5. The fourth-order valence-corrected chi connectivity index (χ4v) is 2.40. The number of nitrogens with zero attached hydrogens (tertiary/aromatic N) is 2. The van der Waals surface area contributed by atoms with E-state index in [4.69, 9.17) is 11.6 Å². The van der Waals surface area contributed by atoms with Crippen LogP contribution in [0.1, 0.15) is 18.3 Å². The van der Waals surface area contributed by atoms with Crippen molar-refractivity contribution in [3.8, 4) is 0 Å². The maximum absolute atomic E-state index is 6.17. The third kappa shape index (κ3) is 2.83. The number of nitrogens with one attached hydrogen (secondary N) is 1. The van der Waals surface area contributed by atoms with Crippen LogP contribution in [-0.2, 0) is 6.42 Å². The zero-order valence-electron chi connectivity index (χ0n) is 12.0. The Balaban J connectivity index is 2.00. The van der Waals surface area contributed by atoms with Gasteiger partial charge >= 0.3 is 0 Å². The van der Waals surface area contributed by atoms with Gasteiger partial charge in [-0.25, -0.2) is 9.97 Å². The zero-order chi connectivity index (χ0) is 14.8. The van der Waals surface area contributed by atoms with Gasteiger partial charge in [-0.1, -0.05) is 48.9 Å². The minimum absolute atomic E-state index is 0.505. The Morgan fingerprint density at radius 2 is 1.81 bits per heavy atom. The number of hydrogen-bond acceptors (Lipinski definition) is 3. The number of benzene rings is 2. The molecule has 0 aliphatic carbocycles. The molecule has 1 aromatic heterocycles. The first-order chi connectivity index (χ1) is 10.2. The molecular formula is C17H16ClN3. The minimum atomic E-state index is 0.505. The van der Waals surface area contributed by atoms with Gasteiger partial charge in [0.05, 0.1) is 0 Å². The Bertz CT molecular complexity index is 799. The minimum Gasteiger partial charge on any atom is -0.340 e. The molecule has 0 aliphatic rings. The molecule has 21 heavy (non-hydrogen) atoms. The number of rotatable bonds is 3. The van der Waals surface area contributed by atoms with Gasteiger partial charge in [-0.05, 0) is 29.8 Å². The molecule has 4 heteroatoms. The number of hydrogen-bond donors (Lipinski definition) is 1. The molecule has 0 saturated carbocycles. The smallest absolute Gasteiger partial charge is 0.138 e. The van der Waals surface area contributed by atoms with Crippen molar-refractivity contribution in [2.45, 2.75) is 20.3 Å². The van der Waals surface area contributed by atoms with Crippen LogP contribution in [-0.4, -0.2) is 9.97 Å². The molecule has 1 N–H and O–H groups in total. The summed E-state index contributed by atoms with van der Waals surface area (Å²) in [4.78, 5) is 8.78. The zero-order valence-corrected chi connectivity index (χ0v) is 12.8. The van der Waals surface area contributed by atoms with Crippen LogP contribution in [0.25, 0.3) is 10.8 Å². The summed E-state index contributed by atoms with van der Waals surface area (Å²) in [5, 5.41) is 6.26. The summed E-state index contributed by atoms with van der Waals surface area (Å²) >= 11 is 6.17. The largest absolute Gasteiger partial charge is 0.340 e. The maximum atomic E-state index is 6.17. The van der Waals surface area contributed by atoms with E-state index in [1.807, 2.05) is 32.0 Å². The van der Waals surface area contributed by atoms with E-state index in [1.165, 1.54) is 10.8 Å². The molecule has 2 aromatic carbocycles. The van der Waals surface area contributed by atoms with E-state index in [9.17, 15) is 0 Å². The van der Waals surface area contributed by atoms with Crippen LogP contribution in [0.4, 0.5) is 11.5 Å². The van der Waals surface area contributed by atoms with E-state index in [0.717, 1.165) is 29.3 Å². The van der Waals surface area contributed by atoms with Crippen molar-refractivity contribution in [3.63, 3.8) is 0 Å². The molecule has 3 aromatic rings. The van der Waals surface area contributed by atoms with Crippen molar-refractivity contribution >= 4 is 33.9 Å². The molecule has 106 valence electrons. The van der Waals surface area contributed by atoms with Gasteiger partial charge < -0.3 is 5.32 Å². The lowest BCUT2D eigenvalue weighted by molar-refractivity contribution is 0.934. The molecule has 0 unspecified atom stereocenters. The highest BCUT2D eigenvalue weighted by Gasteiger charge is 2.09. The second kappa shape index (κ2) is 5.70. The Morgan fingerprint density at radius 1 is 1.05 bits per heavy atom. The molecule has 0 atom stereocenters. The number of aryl methyl sites for hydroxylation is 1. The quantitative estimate of drug-likeness (QED) is 0.699. The Labute approximate surface area is 129 Å². The summed E-state index contributed by atoms with van der Waals surface area (Å²) in [7, 11) is 0. The van der Waals surface area contributed by atoms with Gasteiger partial charge in [0, 0.05) is 17.7 Å². The standard InChI is InChI=1S/C17H16ClN3/c1-3-15-20-16(18)11(2)17(21-15)19-14-9-8-12-6-4-5-7-13(12)10-14/h4-10H,3H2,1-2H3,(H,19,20,21). The molecule has 0 radical (unpaired) electrons. The van der Waals surface area contributed by atoms with Crippen molar-refractivity contribution in [3.05, 3.63) is 59.0 Å². The summed E-state index contributed by atoms with van der Waals surface area (Å²) in [6.07, 6.45) is 0.756. The topological polar surface area (TPSA) is 37.8 Å². The first-order valence-electron chi connectivity index (χ1n) is 6.96. The maximum Gasteiger partial charge on any atom is 0.138 e. The lowest BCUT2D eigenvalue weighted by atomic mass is 10.1. The average Bonchev–Trinajstić information content (AvgIpc) is 2.51. The van der Waals surface area contributed by atoms with E-state index >= 15 is 0 Å². The van der Waals surface area contributed by atoms with Crippen LogP contribution in [0.2, 0.25) is 5.15 Å². The van der Waals surface area contributed by atoms with E-state index in [-0.39, 0.29) is 0 Å². The average molecular weight is 298 g/mol. The predicted octanol–water partition coefficient (Wildman–Crippen LogP) is 4.90. The summed E-state index contributed by atoms with van der Waals surface area (Å²) in [5.41, 5.74) is 1.86. The fourth-order valence-electron chi connectivity index (χ4n) is 2.22. The Morgan fingerprint density at radius 3 is 2.57 bits per heavy atom. The van der Waals surface area contributed by atoms with Gasteiger partial charge in [-0.2, -0.15) is 0 Å². The third-order valence-electron chi connectivity index (χ3n) is 3.46. The summed E-state index contributed by atoms with van der Waals surface area (Å²) < 4.78 is 0. The second-order valence-corrected chi connectivity index (χ2v) is 5.30. The van der Waals surface area contributed by atoms with E-state index in [1.54, 1.807) is 0 Å². The first-order valence-corrected chi connectivity index (χ1v) is 7.34. The van der Waals surface area contributed by atoms with Crippen molar-refractivity contribution < 1.29 is 0 Å². The van der Waals surface area contributed by atoms with Crippen LogP contribution < -0.4 is 5.32 Å². The molecular weight excluding hydrogens is 282 g/mol. The third-order valence-corrected chi connectivity index (χ3v) is 3.83. The summed E-state index contributed by atoms with van der Waals surface area (Å²) in [6, 6.07) is 14.5. The van der Waals surface area contributed by atoms with Crippen LogP contribution in [0.3, 0.4) is 0 Å². The SMILES string of the molecule is CCc1nc(Cl)c(C)c(Nc2ccc3ccccc3c2)n1. The monoisotopic (exact) mass is 297 g/mol. The van der Waals surface area contributed by atoms with E-state index in [0.29, 0.717) is 5.15 Å². The van der Waals surface area contributed by atoms with Gasteiger partial charge in [0.15, 0.2) is 0 Å². The van der Waals surface area contributed by atoms with E-state index in [2.05, 4.69) is 39.6 Å². The number of anilines is 2. The highest BCUT2D eigenvalue weighted by molar-refractivity contribution is 6.30. The molecule has 1 heterocycles. The van der Waals surface area contributed by atoms with Gasteiger partial charge in [0.1, 0.15) is 16.8 Å². The van der Waals surface area contributed by atoms with Gasteiger partial charge in [-0.15, -0.1) is 0 Å². The molecule has 3 rings (SSSR count). The molecule has 0 fully saturated rings. The summed E-state index contributed by atoms with van der Waals surface area (Å²) in [6.45, 7) is 3.94. The molecule has 0 amide bonds. The van der Waals surface area contributed by atoms with Crippen LogP contribution in [0, 0.1) is 6.92 Å². The van der Waals surface area contributed by atoms with Crippen LogP contribution in [0.15, 0.2) is 42.5 Å². The normalized spacial score (nSPS) is 10.8. The van der Waals surface area contributed by atoms with Crippen molar-refractivity contribution in [2.24, 2.45) is 0 Å². The van der Waals surface area contributed by atoms with Gasteiger partial charge in [-0.3, -0.25) is 0 Å². The van der Waals surface area contributed by atoms with Crippen molar-refractivity contribution in [1.82, 2.24) is 9.97 Å². The second-order valence-electron chi connectivity index (χ2n) is 4.94. The molecule has 3 nitrogen and oxygen atoms in total. The lowest BCUT2D eigenvalue weighted by Crippen LogP contribution is -2.03. The number of fused-ring (bicyclic) bond motifs is 1. The van der Waals surface area contributed by atoms with Gasteiger partial charge in [0.25, 0.3) is 0 Å². The Kier molecular flexibility index (Phi) is 3.76. The van der Waals surface area contributed by atoms with Crippen molar-refractivity contribution in [1.29, 1.82) is 0 Å². The first kappa shape index (κ1) is 13.8. The number of aromatic nitrogens is 2. The van der Waals surface area contributed by atoms with Crippen LogP contribution in [0.5, 0.6) is 0 Å². The van der Waals surface area contributed by atoms with Gasteiger partial charge in [0.2, 0.25) is 0 Å².